The van der Waals surface area contributed by atoms with Crippen molar-refractivity contribution in [3.05, 3.63) is 38.5 Å². The first-order chi connectivity index (χ1) is 9.52. The van der Waals surface area contributed by atoms with Crippen molar-refractivity contribution in [2.45, 2.75) is 20.8 Å². The number of nitrogens with one attached hydrogen (secondary N) is 2. The highest BCUT2D eigenvalue weighted by atomic mass is 79.9. The second-order valence-electron chi connectivity index (χ2n) is 4.45. The summed E-state index contributed by atoms with van der Waals surface area (Å²) in [6.07, 6.45) is 1.55. The van der Waals surface area contributed by atoms with Crippen LogP contribution in [0.4, 0.5) is 17.3 Å². The average Bonchev–Trinajstić information content (AvgIpc) is 2.38. The number of anilines is 3. The van der Waals surface area contributed by atoms with Crippen molar-refractivity contribution < 1.29 is 0 Å². The smallest absolute Gasteiger partial charge is 0.150 e. The molecule has 6 heteroatoms. The predicted molar refractivity (Wildman–Crippen MR) is 90.8 cm³/mol. The lowest BCUT2D eigenvalue weighted by molar-refractivity contribution is 1.10. The molecule has 0 aliphatic carbocycles. The van der Waals surface area contributed by atoms with E-state index in [1.165, 1.54) is 0 Å². The quantitative estimate of drug-likeness (QED) is 0.775. The minimum absolute atomic E-state index is 0.754. The van der Waals surface area contributed by atoms with Gasteiger partial charge in [-0.2, -0.15) is 0 Å². The van der Waals surface area contributed by atoms with Gasteiger partial charge in [0.2, 0.25) is 0 Å². The van der Waals surface area contributed by atoms with Crippen LogP contribution in [-0.4, -0.2) is 16.5 Å². The Morgan fingerprint density at radius 2 is 1.65 bits per heavy atom. The summed E-state index contributed by atoms with van der Waals surface area (Å²) < 4.78 is 1.91. The lowest BCUT2D eigenvalue weighted by Crippen LogP contribution is -2.05. The molecular weight excluding hydrogens is 384 g/mol. The van der Waals surface area contributed by atoms with Gasteiger partial charge < -0.3 is 10.6 Å². The van der Waals surface area contributed by atoms with Crippen molar-refractivity contribution in [3.8, 4) is 0 Å². The van der Waals surface area contributed by atoms with Gasteiger partial charge in [-0.3, -0.25) is 0 Å². The SMILES string of the molecule is CCNc1ncnc(Nc2c(C)cc(Br)cc2C)c1Br. The fourth-order valence-corrected chi connectivity index (χ4v) is 3.10. The zero-order chi connectivity index (χ0) is 14.7. The average molecular weight is 400 g/mol. The molecule has 0 spiro atoms. The van der Waals surface area contributed by atoms with Crippen molar-refractivity contribution in [1.82, 2.24) is 9.97 Å². The summed E-state index contributed by atoms with van der Waals surface area (Å²) in [4.78, 5) is 8.51. The highest BCUT2D eigenvalue weighted by Gasteiger charge is 2.11. The molecular formula is C14H16Br2N4. The van der Waals surface area contributed by atoms with Gasteiger partial charge >= 0.3 is 0 Å². The second kappa shape index (κ2) is 6.54. The number of hydrogen-bond acceptors (Lipinski definition) is 4. The Morgan fingerprint density at radius 1 is 1.05 bits per heavy atom. The predicted octanol–water partition coefficient (Wildman–Crippen LogP) is 4.79. The van der Waals surface area contributed by atoms with Gasteiger partial charge in [0.15, 0.2) is 0 Å². The number of hydrogen-bond donors (Lipinski definition) is 2. The van der Waals surface area contributed by atoms with Gasteiger partial charge in [-0.25, -0.2) is 9.97 Å². The van der Waals surface area contributed by atoms with E-state index in [4.69, 9.17) is 0 Å². The van der Waals surface area contributed by atoms with E-state index in [1.54, 1.807) is 6.33 Å². The van der Waals surface area contributed by atoms with Crippen LogP contribution in [0.5, 0.6) is 0 Å². The Hall–Kier alpha value is -1.14. The molecule has 4 nitrogen and oxygen atoms in total. The maximum Gasteiger partial charge on any atom is 0.150 e. The molecule has 0 saturated heterocycles. The molecule has 0 fully saturated rings. The van der Waals surface area contributed by atoms with Crippen molar-refractivity contribution in [2.24, 2.45) is 0 Å². The molecule has 0 aliphatic rings. The first kappa shape index (κ1) is 15.3. The van der Waals surface area contributed by atoms with Crippen LogP contribution >= 0.6 is 31.9 Å². The van der Waals surface area contributed by atoms with E-state index in [-0.39, 0.29) is 0 Å². The third-order valence-corrected chi connectivity index (χ3v) is 4.08. The Balaban J connectivity index is 2.38. The summed E-state index contributed by atoms with van der Waals surface area (Å²) in [6.45, 7) is 6.98. The molecule has 0 atom stereocenters. The van der Waals surface area contributed by atoms with Crippen molar-refractivity contribution in [2.75, 3.05) is 17.2 Å². The van der Waals surface area contributed by atoms with E-state index >= 15 is 0 Å². The maximum absolute atomic E-state index is 4.30. The van der Waals surface area contributed by atoms with Gasteiger partial charge in [-0.05, 0) is 60.0 Å². The fourth-order valence-electron chi connectivity index (χ4n) is 1.97. The van der Waals surface area contributed by atoms with Crippen molar-refractivity contribution >= 4 is 49.2 Å². The third-order valence-electron chi connectivity index (χ3n) is 2.87. The number of rotatable bonds is 4. The zero-order valence-electron chi connectivity index (χ0n) is 11.6. The molecule has 2 rings (SSSR count). The van der Waals surface area contributed by atoms with E-state index in [0.717, 1.165) is 43.9 Å². The van der Waals surface area contributed by atoms with Crippen LogP contribution < -0.4 is 10.6 Å². The molecule has 0 unspecified atom stereocenters. The van der Waals surface area contributed by atoms with Gasteiger partial charge in [0, 0.05) is 16.7 Å². The number of nitrogens with zero attached hydrogens (tertiary/aromatic N) is 2. The topological polar surface area (TPSA) is 49.8 Å². The molecule has 1 aromatic heterocycles. The van der Waals surface area contributed by atoms with E-state index in [0.29, 0.717) is 0 Å². The van der Waals surface area contributed by atoms with E-state index in [2.05, 4.69) is 78.4 Å². The standard InChI is InChI=1S/C14H16Br2N4/c1-4-17-13-11(16)14(19-7-18-13)20-12-8(2)5-10(15)6-9(12)3/h5-7H,4H2,1-3H3,(H2,17,18,19,20). The number of aromatic nitrogens is 2. The minimum Gasteiger partial charge on any atom is -0.369 e. The summed E-state index contributed by atoms with van der Waals surface area (Å²) in [5.41, 5.74) is 3.38. The summed E-state index contributed by atoms with van der Waals surface area (Å²) in [5, 5.41) is 6.57. The lowest BCUT2D eigenvalue weighted by Gasteiger charge is -2.15. The van der Waals surface area contributed by atoms with Crippen LogP contribution in [0.2, 0.25) is 0 Å². The normalized spacial score (nSPS) is 10.4. The van der Waals surface area contributed by atoms with Gasteiger partial charge in [0.25, 0.3) is 0 Å². The Labute approximate surface area is 135 Å². The minimum atomic E-state index is 0.754. The van der Waals surface area contributed by atoms with Gasteiger partial charge in [-0.1, -0.05) is 15.9 Å². The number of halogens is 2. The molecule has 0 amide bonds. The fraction of sp³-hybridized carbons (Fsp3) is 0.286. The van der Waals surface area contributed by atoms with E-state index in [1.807, 2.05) is 6.92 Å². The molecule has 0 radical (unpaired) electrons. The number of benzene rings is 1. The van der Waals surface area contributed by atoms with Crippen LogP contribution in [0.3, 0.4) is 0 Å². The first-order valence-electron chi connectivity index (χ1n) is 6.31. The molecule has 20 heavy (non-hydrogen) atoms. The molecule has 2 N–H and O–H groups in total. The van der Waals surface area contributed by atoms with Gasteiger partial charge in [-0.15, -0.1) is 0 Å². The molecule has 0 bridgehead atoms. The summed E-state index contributed by atoms with van der Waals surface area (Å²) >= 11 is 7.05. The maximum atomic E-state index is 4.30. The largest absolute Gasteiger partial charge is 0.369 e. The number of aryl methyl sites for hydroxylation is 2. The molecule has 1 heterocycles. The lowest BCUT2D eigenvalue weighted by atomic mass is 10.1. The van der Waals surface area contributed by atoms with Gasteiger partial charge in [0.05, 0.1) is 0 Å². The highest BCUT2D eigenvalue weighted by molar-refractivity contribution is 9.11. The Kier molecular flexibility index (Phi) is 4.99. The van der Waals surface area contributed by atoms with Crippen LogP contribution in [0.25, 0.3) is 0 Å². The molecule has 1 aromatic carbocycles. The van der Waals surface area contributed by atoms with Crippen molar-refractivity contribution in [1.29, 1.82) is 0 Å². The molecule has 2 aromatic rings. The summed E-state index contributed by atoms with van der Waals surface area (Å²) in [5.74, 6) is 1.54. The monoisotopic (exact) mass is 398 g/mol. The third kappa shape index (κ3) is 3.30. The van der Waals surface area contributed by atoms with Crippen LogP contribution in [0, 0.1) is 13.8 Å². The van der Waals surface area contributed by atoms with Crippen LogP contribution in [-0.2, 0) is 0 Å². The zero-order valence-corrected chi connectivity index (χ0v) is 14.8. The van der Waals surface area contributed by atoms with Crippen LogP contribution in [0.1, 0.15) is 18.1 Å². The van der Waals surface area contributed by atoms with Crippen molar-refractivity contribution in [3.63, 3.8) is 0 Å². The second-order valence-corrected chi connectivity index (χ2v) is 6.16. The van der Waals surface area contributed by atoms with Crippen LogP contribution in [0.15, 0.2) is 27.4 Å². The molecule has 0 saturated carbocycles. The Morgan fingerprint density at radius 3 is 2.25 bits per heavy atom. The van der Waals surface area contributed by atoms with Gasteiger partial charge in [0.1, 0.15) is 22.4 Å². The molecule has 106 valence electrons. The van der Waals surface area contributed by atoms with E-state index < -0.39 is 0 Å². The van der Waals surface area contributed by atoms with E-state index in [9.17, 15) is 0 Å². The Bertz CT molecular complexity index is 606. The highest BCUT2D eigenvalue weighted by Crippen LogP contribution is 2.32. The summed E-state index contributed by atoms with van der Waals surface area (Å²) in [6, 6.07) is 4.16. The first-order valence-corrected chi connectivity index (χ1v) is 7.89. The summed E-state index contributed by atoms with van der Waals surface area (Å²) in [7, 11) is 0. The molecule has 0 aliphatic heterocycles.